The predicted octanol–water partition coefficient (Wildman–Crippen LogP) is -11.1. The molecule has 0 radical (unpaired) electrons. The van der Waals surface area contributed by atoms with Crippen molar-refractivity contribution in [2.24, 2.45) is 0 Å². The van der Waals surface area contributed by atoms with Gasteiger partial charge in [0, 0.05) is 45.2 Å². The summed E-state index contributed by atoms with van der Waals surface area (Å²) in [7, 11) is 0. The van der Waals surface area contributed by atoms with Gasteiger partial charge in [-0.25, -0.2) is 0 Å². The van der Waals surface area contributed by atoms with Gasteiger partial charge in [-0.2, -0.15) is 0 Å². The van der Waals surface area contributed by atoms with Crippen LogP contribution in [-0.4, -0.2) is 355 Å². The molecule has 0 aliphatic rings. The number of rotatable bonds is 52. The number of aliphatic hydroxyl groups excluding tert-OH is 12. The molecule has 0 spiro atoms. The maximum Gasteiger partial charge on any atom is 0.303 e. The molecule has 0 aromatic carbocycles. The lowest BCUT2D eigenvalue weighted by atomic mass is 10.1. The predicted molar refractivity (Wildman–Crippen MR) is 337 cm³/mol. The van der Waals surface area contributed by atoms with E-state index in [0.717, 1.165) is 18.2 Å². The maximum absolute atomic E-state index is 14.2. The number of amides is 6. The van der Waals surface area contributed by atoms with Crippen molar-refractivity contribution in [1.82, 2.24) is 51.8 Å². The fourth-order valence-corrected chi connectivity index (χ4v) is 8.64. The Morgan fingerprint density at radius 2 is 0.630 bits per heavy atom. The Bertz CT molecular complexity index is 3030. The minimum Gasteiger partial charge on any atom is -0.502 e. The number of carboxylic acid groups (broad SMARTS) is 1. The van der Waals surface area contributed by atoms with Gasteiger partial charge >= 0.3 is 5.97 Å². The molecule has 564 valence electrons. The van der Waals surface area contributed by atoms with Crippen LogP contribution in [0.25, 0.3) is 0 Å². The van der Waals surface area contributed by atoms with E-state index in [2.05, 4.69) is 46.9 Å². The largest absolute Gasteiger partial charge is 0.502 e. The summed E-state index contributed by atoms with van der Waals surface area (Å²) in [5.74, 6) is -11.9. The SMILES string of the molecule is O=C(O)CCCC(CN(CCNC(=O)c1cc(C(=O)NC(COC(CO)CO)COC(CO)CO)[nH]c(=O)c1O)CCNC(=O)c1cc(C(=O)NC(COC(CO)CO)COC(CO)CO)[nH]c(=O)c1O)NC(=O)c1cc(C(=O)NC(COC(CO)CO)COC(CO)CO)[nH]c(=O)c1O. The zero-order valence-corrected chi connectivity index (χ0v) is 54.0. The minimum atomic E-state index is -1.38. The highest BCUT2D eigenvalue weighted by atomic mass is 16.5. The first-order valence-corrected chi connectivity index (χ1v) is 30.9. The Hall–Kier alpha value is -8.22. The number of carbonyl (C=O) groups is 7. The highest BCUT2D eigenvalue weighted by Gasteiger charge is 2.29. The molecule has 0 saturated carbocycles. The van der Waals surface area contributed by atoms with E-state index >= 15 is 0 Å². The van der Waals surface area contributed by atoms with Crippen molar-refractivity contribution >= 4 is 41.4 Å². The van der Waals surface area contributed by atoms with Crippen LogP contribution in [0.5, 0.6) is 17.2 Å². The molecule has 3 rings (SSSR count). The first-order chi connectivity index (χ1) is 47.8. The minimum absolute atomic E-state index is 0.185. The van der Waals surface area contributed by atoms with Crippen LogP contribution >= 0.6 is 0 Å². The molecule has 0 saturated heterocycles. The topological polar surface area (TPSA) is 673 Å². The standard InChI is InChI=1S/C58H90N10O32/c69-12-34(13-70)95-24-31(25-96-35(14-71)15-72)62-53(89)43-8-40(47(83)56(92)65-43)50(86)59-4-6-68(7-5-60-51(87)41-9-44(66-57(93)48(41)84)54(90)63-32(26-97-36(16-73)17-74)27-98-37(18-75)19-76)11-30(2-1-3-46(81)82)61-52(88)42-10-45(67-58(94)49(42)85)55(91)64-33(28-99-38(20-77)21-78)29-100-39(22-79)23-80/h8-10,30-39,69-80,83-85H,1-7,11-29H2,(H,59,86)(H,60,87)(H,61,88)(H,62,89)(H,63,90)(H,64,91)(H,65,92)(H,66,93)(H,67,94)(H,81,82). The average Bonchev–Trinajstić information content (AvgIpc) is 0.829. The van der Waals surface area contributed by atoms with Gasteiger partial charge in [0.15, 0.2) is 17.2 Å². The Balaban J connectivity index is 2.07. The summed E-state index contributed by atoms with van der Waals surface area (Å²) < 4.78 is 32.4. The first kappa shape index (κ1) is 86.0. The fourth-order valence-electron chi connectivity index (χ4n) is 8.64. The van der Waals surface area contributed by atoms with Crippen LogP contribution in [0.4, 0.5) is 0 Å². The second-order valence-corrected chi connectivity index (χ2v) is 22.0. The van der Waals surface area contributed by atoms with Crippen LogP contribution in [-0.2, 0) is 33.2 Å². The number of ether oxygens (including phenoxy) is 6. The van der Waals surface area contributed by atoms with E-state index in [0.29, 0.717) is 0 Å². The molecule has 3 heterocycles. The molecule has 6 amide bonds. The van der Waals surface area contributed by atoms with Gasteiger partial charge < -0.3 is 157 Å². The Kier molecular flexibility index (Phi) is 39.8. The number of aliphatic carboxylic acids is 1. The van der Waals surface area contributed by atoms with Crippen LogP contribution in [0.15, 0.2) is 32.6 Å². The van der Waals surface area contributed by atoms with Crippen molar-refractivity contribution in [3.63, 3.8) is 0 Å². The molecule has 0 bridgehead atoms. The average molecular weight is 1440 g/mol. The van der Waals surface area contributed by atoms with Gasteiger partial charge in [-0.05, 0) is 31.0 Å². The van der Waals surface area contributed by atoms with Crippen molar-refractivity contribution in [2.75, 3.05) is 152 Å². The number of nitrogens with one attached hydrogen (secondary N) is 9. The number of aromatic hydroxyl groups is 3. The number of pyridine rings is 3. The third-order valence-electron chi connectivity index (χ3n) is 14.3. The lowest BCUT2D eigenvalue weighted by Crippen LogP contribution is -2.48. The molecular formula is C58H90N10O32. The normalized spacial score (nSPS) is 12.1. The van der Waals surface area contributed by atoms with Gasteiger partial charge in [-0.15, -0.1) is 0 Å². The van der Waals surface area contributed by atoms with Gasteiger partial charge in [0.05, 0.1) is 154 Å². The van der Waals surface area contributed by atoms with E-state index in [1.54, 1.807) is 0 Å². The van der Waals surface area contributed by atoms with Gasteiger partial charge in [-0.1, -0.05) is 0 Å². The molecule has 0 aliphatic carbocycles. The number of hydrogen-bond donors (Lipinski definition) is 25. The summed E-state index contributed by atoms with van der Waals surface area (Å²) in [6, 6.07) is -2.51. The summed E-state index contributed by atoms with van der Waals surface area (Å²) >= 11 is 0. The number of carboxylic acids is 1. The van der Waals surface area contributed by atoms with Crippen molar-refractivity contribution in [2.45, 2.75) is 80.1 Å². The van der Waals surface area contributed by atoms with E-state index in [1.165, 1.54) is 4.90 Å². The molecule has 100 heavy (non-hydrogen) atoms. The second-order valence-electron chi connectivity index (χ2n) is 22.0. The molecule has 1 unspecified atom stereocenters. The molecule has 3 aromatic rings. The third kappa shape index (κ3) is 29.2. The fraction of sp³-hybridized carbons (Fsp3) is 0.621. The summed E-state index contributed by atoms with van der Waals surface area (Å²) in [4.78, 5) is 142. The Morgan fingerprint density at radius 1 is 0.380 bits per heavy atom. The number of nitrogens with zero attached hydrogens (tertiary/aromatic N) is 1. The number of carbonyl (C=O) groups excluding carboxylic acids is 6. The van der Waals surface area contributed by atoms with Crippen molar-refractivity contribution in [3.8, 4) is 17.2 Å². The molecule has 42 nitrogen and oxygen atoms in total. The van der Waals surface area contributed by atoms with Gasteiger partial charge in [0.2, 0.25) is 0 Å². The first-order valence-electron chi connectivity index (χ1n) is 30.9. The second kappa shape index (κ2) is 46.3. The van der Waals surface area contributed by atoms with E-state index in [9.17, 15) is 130 Å². The zero-order valence-electron chi connectivity index (χ0n) is 54.0. The van der Waals surface area contributed by atoms with E-state index < -0.39 is 315 Å². The zero-order chi connectivity index (χ0) is 74.4. The van der Waals surface area contributed by atoms with E-state index in [4.69, 9.17) is 28.4 Å². The van der Waals surface area contributed by atoms with E-state index in [1.807, 2.05) is 0 Å². The van der Waals surface area contributed by atoms with Crippen molar-refractivity contribution < 1.29 is 144 Å². The molecule has 1 atom stereocenters. The molecular weight excluding hydrogens is 1350 g/mol. The summed E-state index contributed by atoms with van der Waals surface area (Å²) in [5.41, 5.74) is -8.41. The van der Waals surface area contributed by atoms with Crippen molar-refractivity contribution in [3.05, 3.63) is 83.0 Å². The van der Waals surface area contributed by atoms with Crippen LogP contribution in [0, 0.1) is 0 Å². The van der Waals surface area contributed by atoms with Gasteiger partial charge in [-0.3, -0.25) is 52.8 Å². The molecule has 0 fully saturated rings. The number of hydrogen-bond acceptors (Lipinski definition) is 32. The quantitative estimate of drug-likeness (QED) is 0.0250. The monoisotopic (exact) mass is 1440 g/mol. The lowest BCUT2D eigenvalue weighted by Gasteiger charge is -2.28. The summed E-state index contributed by atoms with van der Waals surface area (Å²) in [6.45, 7) is -12.8. The van der Waals surface area contributed by atoms with Gasteiger partial charge in [0.25, 0.3) is 52.1 Å². The number of H-pyrrole nitrogens is 3. The van der Waals surface area contributed by atoms with Crippen LogP contribution in [0.3, 0.4) is 0 Å². The summed E-state index contributed by atoms with van der Waals surface area (Å²) in [5, 5.41) is 171. The Morgan fingerprint density at radius 3 is 0.880 bits per heavy atom. The highest BCUT2D eigenvalue weighted by Crippen LogP contribution is 2.17. The third-order valence-corrected chi connectivity index (χ3v) is 14.3. The number of aromatic amines is 3. The molecule has 42 heteroatoms. The van der Waals surface area contributed by atoms with Crippen LogP contribution in [0.2, 0.25) is 0 Å². The highest BCUT2D eigenvalue weighted by molar-refractivity contribution is 6.02. The van der Waals surface area contributed by atoms with Crippen LogP contribution in [0.1, 0.15) is 81.8 Å². The maximum atomic E-state index is 14.2. The summed E-state index contributed by atoms with van der Waals surface area (Å²) in [6.07, 6.45) is -7.72. The molecule has 0 aliphatic heterocycles. The Labute approximate surface area is 567 Å². The number of aromatic nitrogens is 3. The molecule has 25 N–H and O–H groups in total. The van der Waals surface area contributed by atoms with E-state index in [-0.39, 0.29) is 25.9 Å². The number of aliphatic hydroxyl groups is 12. The smallest absolute Gasteiger partial charge is 0.303 e. The van der Waals surface area contributed by atoms with Crippen molar-refractivity contribution in [1.29, 1.82) is 0 Å². The lowest BCUT2D eigenvalue weighted by molar-refractivity contribution is -0.137. The van der Waals surface area contributed by atoms with Crippen LogP contribution < -0.4 is 48.6 Å². The molecule has 3 aromatic heterocycles. The van der Waals surface area contributed by atoms with Gasteiger partial charge in [0.1, 0.15) is 53.7 Å².